The summed E-state index contributed by atoms with van der Waals surface area (Å²) in [5, 5.41) is 5.16. The van der Waals surface area contributed by atoms with E-state index in [0.29, 0.717) is 37.5 Å². The highest BCUT2D eigenvalue weighted by molar-refractivity contribution is 6.31. The first kappa shape index (κ1) is 33.6. The molecule has 0 N–H and O–H groups in total. The van der Waals surface area contributed by atoms with Crippen molar-refractivity contribution < 1.29 is 18.3 Å². The maximum atomic E-state index is 15.3. The van der Waals surface area contributed by atoms with Gasteiger partial charge in [0, 0.05) is 67.9 Å². The van der Waals surface area contributed by atoms with Gasteiger partial charge in [-0.25, -0.2) is 13.8 Å². The Morgan fingerprint density at radius 1 is 1.06 bits per heavy atom. The number of carbonyl (C=O) groups is 1. The minimum absolute atomic E-state index is 0.0950. The number of halogens is 3. The van der Waals surface area contributed by atoms with Crippen LogP contribution in [0, 0.1) is 24.5 Å². The summed E-state index contributed by atoms with van der Waals surface area (Å²) in [5.41, 5.74) is 3.78. The second kappa shape index (κ2) is 12.8. The van der Waals surface area contributed by atoms with E-state index in [2.05, 4.69) is 54.9 Å². The van der Waals surface area contributed by atoms with Gasteiger partial charge in [0.05, 0.1) is 0 Å². The molecule has 7 rings (SSSR count). The smallest absolute Gasteiger partial charge is 0.226 e. The lowest BCUT2D eigenvalue weighted by Crippen LogP contribution is -2.47. The van der Waals surface area contributed by atoms with Crippen LogP contribution >= 0.6 is 11.6 Å². The zero-order valence-electron chi connectivity index (χ0n) is 28.8. The van der Waals surface area contributed by atoms with E-state index < -0.39 is 11.6 Å². The van der Waals surface area contributed by atoms with Crippen LogP contribution in [0.5, 0.6) is 0 Å². The Bertz CT molecular complexity index is 1680. The van der Waals surface area contributed by atoms with Gasteiger partial charge in [0.15, 0.2) is 0 Å². The molecule has 7 nitrogen and oxygen atoms in total. The van der Waals surface area contributed by atoms with E-state index in [4.69, 9.17) is 16.3 Å². The fourth-order valence-corrected chi connectivity index (χ4v) is 9.92. The van der Waals surface area contributed by atoms with E-state index in [9.17, 15) is 9.18 Å². The van der Waals surface area contributed by atoms with Gasteiger partial charge >= 0.3 is 0 Å². The van der Waals surface area contributed by atoms with Gasteiger partial charge < -0.3 is 14.5 Å². The van der Waals surface area contributed by atoms with Crippen molar-refractivity contribution in [2.45, 2.75) is 100 Å². The second-order valence-corrected chi connectivity index (χ2v) is 15.9. The maximum Gasteiger partial charge on any atom is 0.226 e. The molecule has 1 unspecified atom stereocenters. The molecule has 2 aliphatic carbocycles. The van der Waals surface area contributed by atoms with Gasteiger partial charge in [-0.2, -0.15) is 5.10 Å². The van der Waals surface area contributed by atoms with Gasteiger partial charge in [0.25, 0.3) is 0 Å². The molecule has 3 aromatic rings. The normalized spacial score (nSPS) is 26.1. The lowest BCUT2D eigenvalue weighted by Gasteiger charge is -2.42. The molecule has 3 heterocycles. The van der Waals surface area contributed by atoms with E-state index in [1.165, 1.54) is 17.2 Å². The lowest BCUT2D eigenvalue weighted by molar-refractivity contribution is -0.137. The molecule has 4 aliphatic rings. The van der Waals surface area contributed by atoms with Crippen molar-refractivity contribution in [3.8, 4) is 0 Å². The van der Waals surface area contributed by atoms with Crippen LogP contribution in [-0.2, 0) is 27.4 Å². The third-order valence-electron chi connectivity index (χ3n) is 12.6. The molecule has 2 saturated heterocycles. The molecular weight excluding hydrogens is 632 g/mol. The van der Waals surface area contributed by atoms with Gasteiger partial charge in [-0.1, -0.05) is 37.6 Å². The number of ether oxygens (including phenoxy) is 1. The topological polar surface area (TPSA) is 63.5 Å². The predicted octanol–water partition coefficient (Wildman–Crippen LogP) is 7.05. The monoisotopic (exact) mass is 679 g/mol. The van der Waals surface area contributed by atoms with E-state index in [-0.39, 0.29) is 40.5 Å². The second-order valence-electron chi connectivity index (χ2n) is 15.5. The molecule has 0 radical (unpaired) electrons. The molecule has 3 fully saturated rings. The highest BCUT2D eigenvalue weighted by Gasteiger charge is 2.53. The van der Waals surface area contributed by atoms with Crippen LogP contribution in [0.1, 0.15) is 98.7 Å². The minimum atomic E-state index is -0.595. The van der Waals surface area contributed by atoms with Gasteiger partial charge in [-0.15, -0.1) is 0 Å². The van der Waals surface area contributed by atoms with Crippen LogP contribution in [0.4, 0.5) is 8.78 Å². The molecule has 1 spiro atoms. The molecule has 1 amide bonds. The Balaban J connectivity index is 1.14. The van der Waals surface area contributed by atoms with Gasteiger partial charge in [-0.05, 0) is 111 Å². The van der Waals surface area contributed by atoms with E-state index in [0.717, 1.165) is 67.8 Å². The Labute approximate surface area is 288 Å². The first-order valence-corrected chi connectivity index (χ1v) is 18.0. The molecular formula is C38H48ClF2N5O2. The molecule has 1 aromatic heterocycles. The van der Waals surface area contributed by atoms with Crippen molar-refractivity contribution in [2.75, 3.05) is 33.4 Å². The van der Waals surface area contributed by atoms with Gasteiger partial charge in [-0.3, -0.25) is 9.48 Å². The van der Waals surface area contributed by atoms with Crippen LogP contribution in [0.25, 0.3) is 0 Å². The molecule has 0 bridgehead atoms. The SMILES string of the molecule is Cc1cc2c(cc1Cl)C1(CCN(C(=O)[C@@H]3CC(N(C)C4CCOCC4)C[C@H]3c3ccc(F)cc3F)CC1)C[C@@H]2C(C)(C)c1ncnn1C. The summed E-state index contributed by atoms with van der Waals surface area (Å²) < 4.78 is 36.8. The number of hydrogen-bond acceptors (Lipinski definition) is 5. The van der Waals surface area contributed by atoms with E-state index >= 15 is 4.39 Å². The molecule has 258 valence electrons. The third-order valence-corrected chi connectivity index (χ3v) is 13.0. The van der Waals surface area contributed by atoms with Crippen LogP contribution in [-0.4, -0.2) is 75.9 Å². The summed E-state index contributed by atoms with van der Waals surface area (Å²) in [6.07, 6.45) is 7.50. The predicted molar refractivity (Wildman–Crippen MR) is 182 cm³/mol. The van der Waals surface area contributed by atoms with Crippen LogP contribution in [0.2, 0.25) is 5.02 Å². The summed E-state index contributed by atoms with van der Waals surface area (Å²) in [6.45, 7) is 9.33. The summed E-state index contributed by atoms with van der Waals surface area (Å²) >= 11 is 6.78. The van der Waals surface area contributed by atoms with Gasteiger partial charge in [0.1, 0.15) is 23.8 Å². The Hall–Kier alpha value is -2.88. The molecule has 10 heteroatoms. The number of nitrogens with zero attached hydrogens (tertiary/aromatic N) is 5. The summed E-state index contributed by atoms with van der Waals surface area (Å²) in [7, 11) is 4.09. The number of rotatable bonds is 6. The number of carbonyl (C=O) groups excluding carboxylic acids is 1. The summed E-state index contributed by atoms with van der Waals surface area (Å²) in [5.74, 6) is -0.545. The zero-order chi connectivity index (χ0) is 34.0. The van der Waals surface area contributed by atoms with E-state index in [1.54, 1.807) is 12.4 Å². The number of aromatic nitrogens is 3. The fraction of sp³-hybridized carbons (Fsp3) is 0.605. The average Bonchev–Trinajstić information content (AvgIpc) is 3.79. The molecule has 48 heavy (non-hydrogen) atoms. The minimum Gasteiger partial charge on any atom is -0.381 e. The summed E-state index contributed by atoms with van der Waals surface area (Å²) in [6, 6.07) is 8.80. The Morgan fingerprint density at radius 2 is 1.79 bits per heavy atom. The molecule has 2 aromatic carbocycles. The number of fused-ring (bicyclic) bond motifs is 2. The number of hydrogen-bond donors (Lipinski definition) is 0. The summed E-state index contributed by atoms with van der Waals surface area (Å²) in [4.78, 5) is 23.6. The number of piperidine rings is 1. The Kier molecular flexibility index (Phi) is 8.95. The van der Waals surface area contributed by atoms with Crippen molar-refractivity contribution in [1.82, 2.24) is 24.6 Å². The van der Waals surface area contributed by atoms with Crippen LogP contribution < -0.4 is 0 Å². The zero-order valence-corrected chi connectivity index (χ0v) is 29.6. The van der Waals surface area contributed by atoms with Crippen molar-refractivity contribution >= 4 is 17.5 Å². The number of aryl methyl sites for hydroxylation is 2. The highest BCUT2D eigenvalue weighted by atomic mass is 35.5. The number of likely N-dealkylation sites (tertiary alicyclic amines) is 1. The number of benzene rings is 2. The van der Waals surface area contributed by atoms with Crippen LogP contribution in [0.3, 0.4) is 0 Å². The quantitative estimate of drug-likeness (QED) is 0.279. The standard InChI is InChI=1S/C38H48ClF2N5O2/c1-23-16-30-31(20-33(23)39)38(21-32(30)37(2,3)36-42-22-43-45(36)5)10-12-46(13-11-38)35(47)29-19-26(44(4)25-8-14-48-15-9-25)18-28(29)27-7-6-24(40)17-34(27)41/h6-7,16-17,20,22,25-26,28-29,32H,8-15,18-19,21H2,1-5H3/t26?,28-,29+,32-/m0/s1. The van der Waals surface area contributed by atoms with Gasteiger partial charge in [0.2, 0.25) is 5.91 Å². The van der Waals surface area contributed by atoms with Crippen molar-refractivity contribution in [2.24, 2.45) is 13.0 Å². The molecule has 4 atom stereocenters. The average molecular weight is 680 g/mol. The van der Waals surface area contributed by atoms with E-state index in [1.807, 2.05) is 16.6 Å². The van der Waals surface area contributed by atoms with Crippen LogP contribution in [0.15, 0.2) is 36.7 Å². The van der Waals surface area contributed by atoms with Crippen molar-refractivity contribution in [1.29, 1.82) is 0 Å². The first-order chi connectivity index (χ1) is 22.9. The largest absolute Gasteiger partial charge is 0.381 e. The van der Waals surface area contributed by atoms with Crippen molar-refractivity contribution in [3.05, 3.63) is 81.4 Å². The third kappa shape index (κ3) is 5.77. The number of amides is 1. The molecule has 2 aliphatic heterocycles. The fourth-order valence-electron chi connectivity index (χ4n) is 9.76. The maximum absolute atomic E-state index is 15.3. The molecule has 1 saturated carbocycles. The first-order valence-electron chi connectivity index (χ1n) is 17.6. The Morgan fingerprint density at radius 3 is 2.46 bits per heavy atom. The highest BCUT2D eigenvalue weighted by Crippen LogP contribution is 2.58. The lowest BCUT2D eigenvalue weighted by atomic mass is 9.69. The van der Waals surface area contributed by atoms with Crippen molar-refractivity contribution in [3.63, 3.8) is 0 Å².